The number of esters is 1. The Morgan fingerprint density at radius 1 is 1.07 bits per heavy atom. The highest BCUT2D eigenvalue weighted by Crippen LogP contribution is 2.38. The molecular weight excluding hydrogens is 568 g/mol. The Bertz CT molecular complexity index is 1560. The Morgan fingerprint density at radius 2 is 1.77 bits per heavy atom. The van der Waals surface area contributed by atoms with Gasteiger partial charge in [-0.1, -0.05) is 47.1 Å². The van der Waals surface area contributed by atoms with E-state index in [0.29, 0.717) is 27.3 Å². The van der Waals surface area contributed by atoms with Crippen molar-refractivity contribution in [2.24, 2.45) is 7.05 Å². The van der Waals surface area contributed by atoms with E-state index in [2.05, 4.69) is 15.5 Å². The second-order valence-electron chi connectivity index (χ2n) is 9.53. The third-order valence-corrected chi connectivity index (χ3v) is 8.92. The zero-order valence-electron chi connectivity index (χ0n) is 23.4. The van der Waals surface area contributed by atoms with Crippen molar-refractivity contribution in [3.63, 3.8) is 0 Å². The fourth-order valence-corrected chi connectivity index (χ4v) is 6.10. The number of hydrogen-bond donors (Lipinski definition) is 1. The van der Waals surface area contributed by atoms with Crippen LogP contribution in [-0.2, 0) is 16.6 Å². The molecule has 0 radical (unpaired) electrons. The van der Waals surface area contributed by atoms with Gasteiger partial charge in [0.15, 0.2) is 17.1 Å². The Morgan fingerprint density at radius 3 is 2.45 bits per heavy atom. The molecule has 0 fully saturated rings. The number of aromatic nitrogens is 3. The highest BCUT2D eigenvalue weighted by atomic mass is 35.5. The van der Waals surface area contributed by atoms with Crippen molar-refractivity contribution < 1.29 is 19.1 Å². The average Bonchev–Trinajstić information content (AvgIpc) is 3.49. The lowest BCUT2D eigenvalue weighted by molar-refractivity contribution is -0.113. The molecule has 210 valence electrons. The molecule has 4 aromatic rings. The maximum Gasteiger partial charge on any atom is 0.341 e. The second kappa shape index (κ2) is 12.4. The molecule has 2 heterocycles. The normalized spacial score (nSPS) is 11.8. The van der Waals surface area contributed by atoms with E-state index in [1.807, 2.05) is 81.9 Å². The lowest BCUT2D eigenvalue weighted by Crippen LogP contribution is -2.16. The molecule has 1 N–H and O–H groups in total. The third-order valence-electron chi connectivity index (χ3n) is 6.40. The predicted octanol–water partition coefficient (Wildman–Crippen LogP) is 7.09. The van der Waals surface area contributed by atoms with Gasteiger partial charge in [-0.3, -0.25) is 4.79 Å². The van der Waals surface area contributed by atoms with Crippen LogP contribution in [0.4, 0.5) is 5.00 Å². The molecule has 0 saturated heterocycles. The van der Waals surface area contributed by atoms with Gasteiger partial charge in [0.05, 0.1) is 12.9 Å². The minimum absolute atomic E-state index is 0.0775. The molecular formula is C29H31ClN4O4S2. The first-order valence-corrected chi connectivity index (χ1v) is 14.8. The number of benzene rings is 2. The SMILES string of the molecule is COC(=O)c1c(-c2cc(C)ccc2C)csc1NC(=O)CSc1nnc(C(C)Oc2cc(C)c(Cl)c(C)c2)n1C. The highest BCUT2D eigenvalue weighted by Gasteiger charge is 2.24. The topological polar surface area (TPSA) is 95.3 Å². The molecule has 0 spiro atoms. The number of rotatable bonds is 9. The Kier molecular flexibility index (Phi) is 9.22. The fraction of sp³-hybridized carbons (Fsp3) is 0.310. The molecule has 40 heavy (non-hydrogen) atoms. The van der Waals surface area contributed by atoms with Gasteiger partial charge in [0.2, 0.25) is 5.91 Å². The van der Waals surface area contributed by atoms with Gasteiger partial charge in [-0.2, -0.15) is 0 Å². The van der Waals surface area contributed by atoms with Crippen molar-refractivity contribution >= 4 is 51.6 Å². The van der Waals surface area contributed by atoms with Gasteiger partial charge in [-0.05, 0) is 69.0 Å². The van der Waals surface area contributed by atoms with E-state index in [9.17, 15) is 9.59 Å². The van der Waals surface area contributed by atoms with Crippen LogP contribution in [0.2, 0.25) is 5.02 Å². The number of thiophene rings is 1. The maximum absolute atomic E-state index is 12.9. The molecule has 8 nitrogen and oxygen atoms in total. The fourth-order valence-electron chi connectivity index (χ4n) is 4.31. The number of ether oxygens (including phenoxy) is 2. The maximum atomic E-state index is 12.9. The number of aryl methyl sites for hydroxylation is 4. The van der Waals surface area contributed by atoms with E-state index in [1.54, 1.807) is 0 Å². The van der Waals surface area contributed by atoms with Crippen LogP contribution in [-0.4, -0.2) is 39.5 Å². The van der Waals surface area contributed by atoms with Crippen LogP contribution in [0, 0.1) is 27.7 Å². The molecule has 2 aromatic heterocycles. The van der Waals surface area contributed by atoms with Crippen molar-refractivity contribution in [2.75, 3.05) is 18.2 Å². The van der Waals surface area contributed by atoms with E-state index < -0.39 is 5.97 Å². The van der Waals surface area contributed by atoms with Crippen molar-refractivity contribution in [2.45, 2.75) is 45.9 Å². The molecule has 1 amide bonds. The lowest BCUT2D eigenvalue weighted by Gasteiger charge is -2.16. The summed E-state index contributed by atoms with van der Waals surface area (Å²) in [6, 6.07) is 9.84. The molecule has 2 aromatic carbocycles. The van der Waals surface area contributed by atoms with Crippen LogP contribution in [0.1, 0.15) is 51.5 Å². The largest absolute Gasteiger partial charge is 0.483 e. The summed E-state index contributed by atoms with van der Waals surface area (Å²) >= 11 is 8.82. The van der Waals surface area contributed by atoms with Crippen LogP contribution in [0.25, 0.3) is 11.1 Å². The number of carbonyl (C=O) groups is 2. The molecule has 1 unspecified atom stereocenters. The number of anilines is 1. The molecule has 0 aliphatic carbocycles. The third kappa shape index (κ3) is 6.35. The number of nitrogens with one attached hydrogen (secondary N) is 1. The van der Waals surface area contributed by atoms with Crippen LogP contribution >= 0.6 is 34.7 Å². The molecule has 0 aliphatic rings. The number of hydrogen-bond acceptors (Lipinski definition) is 8. The Hall–Kier alpha value is -3.34. The van der Waals surface area contributed by atoms with Crippen LogP contribution in [0.3, 0.4) is 0 Å². The molecule has 11 heteroatoms. The Labute approximate surface area is 247 Å². The number of amides is 1. The number of nitrogens with zero attached hydrogens (tertiary/aromatic N) is 3. The van der Waals surface area contributed by atoms with Crippen molar-refractivity contribution in [3.8, 4) is 16.9 Å². The van der Waals surface area contributed by atoms with E-state index in [0.717, 1.165) is 38.4 Å². The van der Waals surface area contributed by atoms with Crippen molar-refractivity contribution in [1.29, 1.82) is 0 Å². The summed E-state index contributed by atoms with van der Waals surface area (Å²) in [7, 11) is 3.17. The van der Waals surface area contributed by atoms with Crippen molar-refractivity contribution in [3.05, 3.63) is 74.4 Å². The summed E-state index contributed by atoms with van der Waals surface area (Å²) in [4.78, 5) is 25.7. The molecule has 1 atom stereocenters. The van der Waals surface area contributed by atoms with Gasteiger partial charge in [0.25, 0.3) is 0 Å². The minimum Gasteiger partial charge on any atom is -0.483 e. The molecule has 0 bridgehead atoms. The van der Waals surface area contributed by atoms with Gasteiger partial charge in [-0.25, -0.2) is 4.79 Å². The van der Waals surface area contributed by atoms with Gasteiger partial charge in [-0.15, -0.1) is 21.5 Å². The zero-order valence-corrected chi connectivity index (χ0v) is 25.8. The van der Waals surface area contributed by atoms with E-state index in [4.69, 9.17) is 21.1 Å². The molecule has 4 rings (SSSR count). The first kappa shape index (κ1) is 29.6. The van der Waals surface area contributed by atoms with Crippen molar-refractivity contribution in [1.82, 2.24) is 14.8 Å². The van der Waals surface area contributed by atoms with Gasteiger partial charge in [0, 0.05) is 23.0 Å². The van der Waals surface area contributed by atoms with Crippen LogP contribution < -0.4 is 10.1 Å². The number of thioether (sulfide) groups is 1. The highest BCUT2D eigenvalue weighted by molar-refractivity contribution is 7.99. The minimum atomic E-state index is -0.502. The average molecular weight is 599 g/mol. The second-order valence-corrected chi connectivity index (χ2v) is 11.7. The first-order chi connectivity index (χ1) is 19.0. The summed E-state index contributed by atoms with van der Waals surface area (Å²) in [5.41, 5.74) is 5.99. The Balaban J connectivity index is 1.45. The molecule has 0 aliphatic heterocycles. The predicted molar refractivity (Wildman–Crippen MR) is 161 cm³/mol. The summed E-state index contributed by atoms with van der Waals surface area (Å²) in [6.45, 7) is 9.74. The quantitative estimate of drug-likeness (QED) is 0.162. The zero-order chi connectivity index (χ0) is 29.1. The van der Waals surface area contributed by atoms with E-state index >= 15 is 0 Å². The van der Waals surface area contributed by atoms with Crippen LogP contribution in [0.15, 0.2) is 40.9 Å². The summed E-state index contributed by atoms with van der Waals surface area (Å²) in [5.74, 6) is 0.621. The summed E-state index contributed by atoms with van der Waals surface area (Å²) < 4.78 is 13.0. The summed E-state index contributed by atoms with van der Waals surface area (Å²) in [6.07, 6.45) is -0.377. The first-order valence-electron chi connectivity index (χ1n) is 12.5. The van der Waals surface area contributed by atoms with E-state index in [1.165, 1.54) is 30.2 Å². The number of methoxy groups -OCH3 is 1. The molecule has 0 saturated carbocycles. The lowest BCUT2D eigenvalue weighted by atomic mass is 9.97. The van der Waals surface area contributed by atoms with Crippen LogP contribution in [0.5, 0.6) is 5.75 Å². The standard InChI is InChI=1S/C29H31ClN4O4S2/c1-15-8-9-16(2)21(10-15)22-13-39-27(24(22)28(36)37-7)31-23(35)14-40-29-33-32-26(34(29)6)19(5)38-20-11-17(3)25(30)18(4)12-20/h8-13,19H,14H2,1-7H3,(H,31,35). The van der Waals surface area contributed by atoms with Gasteiger partial charge < -0.3 is 19.4 Å². The monoisotopic (exact) mass is 598 g/mol. The van der Waals surface area contributed by atoms with E-state index in [-0.39, 0.29) is 17.8 Å². The van der Waals surface area contributed by atoms with Gasteiger partial charge in [0.1, 0.15) is 16.3 Å². The number of halogens is 1. The number of carbonyl (C=O) groups excluding carboxylic acids is 2. The smallest absolute Gasteiger partial charge is 0.341 e. The summed E-state index contributed by atoms with van der Waals surface area (Å²) in [5, 5.41) is 15.0. The van der Waals surface area contributed by atoms with Gasteiger partial charge >= 0.3 is 5.97 Å².